The summed E-state index contributed by atoms with van der Waals surface area (Å²) in [6, 6.07) is 17.1. The molecule has 21 heavy (non-hydrogen) atoms. The number of ether oxygens (including phenoxy) is 1. The topological polar surface area (TPSA) is 21.3 Å². The Labute approximate surface area is 131 Å². The minimum absolute atomic E-state index is 0.607. The lowest BCUT2D eigenvalue weighted by atomic mass is 9.76. The molecule has 2 aromatic carbocycles. The standard InChI is InChI=1S/C18H20ClNO/c1-21-18-7-5-14(6-8-18)15-10-17(11-15)20-12-13-3-2-4-16(19)9-13/h2-9,15,17,20H,10-12H2,1H3. The van der Waals surface area contributed by atoms with E-state index in [1.807, 2.05) is 30.3 Å². The Hall–Kier alpha value is -1.51. The maximum atomic E-state index is 6.00. The second-order valence-electron chi connectivity index (χ2n) is 5.65. The second kappa shape index (κ2) is 6.50. The molecule has 0 unspecified atom stereocenters. The molecule has 110 valence electrons. The van der Waals surface area contributed by atoms with E-state index < -0.39 is 0 Å². The molecule has 0 heterocycles. The van der Waals surface area contributed by atoms with Crippen LogP contribution in [0.15, 0.2) is 48.5 Å². The zero-order chi connectivity index (χ0) is 14.7. The monoisotopic (exact) mass is 301 g/mol. The smallest absolute Gasteiger partial charge is 0.118 e. The maximum Gasteiger partial charge on any atom is 0.118 e. The van der Waals surface area contributed by atoms with E-state index in [1.165, 1.54) is 24.0 Å². The first kappa shape index (κ1) is 14.4. The largest absolute Gasteiger partial charge is 0.497 e. The van der Waals surface area contributed by atoms with Gasteiger partial charge in [-0.25, -0.2) is 0 Å². The summed E-state index contributed by atoms with van der Waals surface area (Å²) in [5, 5.41) is 4.41. The molecule has 1 aliphatic rings. The summed E-state index contributed by atoms with van der Waals surface area (Å²) in [6.45, 7) is 0.889. The average Bonchev–Trinajstić information content (AvgIpc) is 2.46. The van der Waals surface area contributed by atoms with Gasteiger partial charge < -0.3 is 10.1 Å². The van der Waals surface area contributed by atoms with Crippen molar-refractivity contribution >= 4 is 11.6 Å². The van der Waals surface area contributed by atoms with Crippen LogP contribution < -0.4 is 10.1 Å². The maximum absolute atomic E-state index is 6.00. The quantitative estimate of drug-likeness (QED) is 0.884. The van der Waals surface area contributed by atoms with Crippen LogP contribution in [0.5, 0.6) is 5.75 Å². The van der Waals surface area contributed by atoms with E-state index in [0.29, 0.717) is 12.0 Å². The summed E-state index contributed by atoms with van der Waals surface area (Å²) in [5.74, 6) is 1.60. The summed E-state index contributed by atoms with van der Waals surface area (Å²) < 4.78 is 5.20. The van der Waals surface area contributed by atoms with Crippen molar-refractivity contribution < 1.29 is 4.74 Å². The van der Waals surface area contributed by atoms with Crippen molar-refractivity contribution in [3.05, 3.63) is 64.7 Å². The lowest BCUT2D eigenvalue weighted by Gasteiger charge is -2.36. The van der Waals surface area contributed by atoms with Gasteiger partial charge in [-0.15, -0.1) is 0 Å². The highest BCUT2D eigenvalue weighted by molar-refractivity contribution is 6.30. The molecule has 0 bridgehead atoms. The van der Waals surface area contributed by atoms with Crippen LogP contribution in [0.4, 0.5) is 0 Å². The lowest BCUT2D eigenvalue weighted by Crippen LogP contribution is -2.39. The molecule has 0 atom stereocenters. The van der Waals surface area contributed by atoms with Crippen molar-refractivity contribution in [1.29, 1.82) is 0 Å². The van der Waals surface area contributed by atoms with Crippen molar-refractivity contribution in [2.75, 3.05) is 7.11 Å². The number of hydrogen-bond donors (Lipinski definition) is 1. The van der Waals surface area contributed by atoms with Crippen LogP contribution in [-0.4, -0.2) is 13.2 Å². The van der Waals surface area contributed by atoms with Gasteiger partial charge in [0.05, 0.1) is 7.11 Å². The van der Waals surface area contributed by atoms with E-state index in [1.54, 1.807) is 7.11 Å². The molecule has 3 rings (SSSR count). The highest BCUT2D eigenvalue weighted by Gasteiger charge is 2.29. The van der Waals surface area contributed by atoms with Gasteiger partial charge in [-0.05, 0) is 54.2 Å². The molecule has 3 heteroatoms. The van der Waals surface area contributed by atoms with Gasteiger partial charge in [-0.2, -0.15) is 0 Å². The SMILES string of the molecule is COc1ccc(C2CC(NCc3cccc(Cl)c3)C2)cc1. The summed E-state index contributed by atoms with van der Waals surface area (Å²) in [6.07, 6.45) is 2.40. The van der Waals surface area contributed by atoms with Gasteiger partial charge in [0.2, 0.25) is 0 Å². The minimum Gasteiger partial charge on any atom is -0.497 e. The Bertz CT molecular complexity index is 590. The summed E-state index contributed by atoms with van der Waals surface area (Å²) >= 11 is 6.00. The first-order chi connectivity index (χ1) is 10.2. The Balaban J connectivity index is 1.47. The molecule has 1 fully saturated rings. The predicted octanol–water partition coefficient (Wildman–Crippen LogP) is 4.38. The van der Waals surface area contributed by atoms with E-state index in [2.05, 4.69) is 23.5 Å². The molecule has 1 aliphatic carbocycles. The second-order valence-corrected chi connectivity index (χ2v) is 6.09. The summed E-state index contributed by atoms with van der Waals surface area (Å²) in [4.78, 5) is 0. The van der Waals surface area contributed by atoms with Crippen LogP contribution in [-0.2, 0) is 6.54 Å². The van der Waals surface area contributed by atoms with Gasteiger partial charge in [-0.3, -0.25) is 0 Å². The third-order valence-electron chi connectivity index (χ3n) is 4.21. The van der Waals surface area contributed by atoms with E-state index in [0.717, 1.165) is 17.3 Å². The highest BCUT2D eigenvalue weighted by atomic mass is 35.5. The van der Waals surface area contributed by atoms with Crippen LogP contribution >= 0.6 is 11.6 Å². The fraction of sp³-hybridized carbons (Fsp3) is 0.333. The number of rotatable bonds is 5. The number of hydrogen-bond acceptors (Lipinski definition) is 2. The third kappa shape index (κ3) is 3.58. The fourth-order valence-electron chi connectivity index (χ4n) is 2.84. The lowest BCUT2D eigenvalue weighted by molar-refractivity contribution is 0.289. The van der Waals surface area contributed by atoms with Crippen LogP contribution in [0.25, 0.3) is 0 Å². The van der Waals surface area contributed by atoms with Crippen LogP contribution in [0.2, 0.25) is 5.02 Å². The highest BCUT2D eigenvalue weighted by Crippen LogP contribution is 2.37. The van der Waals surface area contributed by atoms with E-state index in [-0.39, 0.29) is 0 Å². The predicted molar refractivity (Wildman–Crippen MR) is 87.0 cm³/mol. The first-order valence-corrected chi connectivity index (χ1v) is 7.74. The van der Waals surface area contributed by atoms with Crippen molar-refractivity contribution in [2.45, 2.75) is 31.3 Å². The number of methoxy groups -OCH3 is 1. The van der Waals surface area contributed by atoms with Gasteiger partial charge in [0, 0.05) is 17.6 Å². The van der Waals surface area contributed by atoms with Crippen molar-refractivity contribution in [3.8, 4) is 5.75 Å². The Morgan fingerprint density at radius 3 is 2.57 bits per heavy atom. The molecule has 0 radical (unpaired) electrons. The van der Waals surface area contributed by atoms with Gasteiger partial charge in [0.15, 0.2) is 0 Å². The summed E-state index contributed by atoms with van der Waals surface area (Å²) in [5.41, 5.74) is 2.66. The zero-order valence-corrected chi connectivity index (χ0v) is 12.9. The molecule has 0 saturated heterocycles. The van der Waals surface area contributed by atoms with Crippen molar-refractivity contribution in [2.24, 2.45) is 0 Å². The third-order valence-corrected chi connectivity index (χ3v) is 4.44. The van der Waals surface area contributed by atoms with Crippen LogP contribution in [0.3, 0.4) is 0 Å². The van der Waals surface area contributed by atoms with Gasteiger partial charge >= 0.3 is 0 Å². The Morgan fingerprint density at radius 2 is 1.90 bits per heavy atom. The molecule has 0 spiro atoms. The molecular formula is C18H20ClNO. The minimum atomic E-state index is 0.607. The summed E-state index contributed by atoms with van der Waals surface area (Å²) in [7, 11) is 1.70. The van der Waals surface area contributed by atoms with Crippen LogP contribution in [0, 0.1) is 0 Å². The number of benzene rings is 2. The Morgan fingerprint density at radius 1 is 1.14 bits per heavy atom. The molecule has 1 saturated carbocycles. The van der Waals surface area contributed by atoms with E-state index >= 15 is 0 Å². The van der Waals surface area contributed by atoms with Gasteiger partial charge in [0.1, 0.15) is 5.75 Å². The number of halogens is 1. The average molecular weight is 302 g/mol. The normalized spacial score (nSPS) is 20.9. The number of nitrogens with one attached hydrogen (secondary N) is 1. The van der Waals surface area contributed by atoms with Crippen LogP contribution in [0.1, 0.15) is 29.9 Å². The molecule has 0 aliphatic heterocycles. The molecule has 1 N–H and O–H groups in total. The molecule has 2 nitrogen and oxygen atoms in total. The molecule has 0 amide bonds. The van der Waals surface area contributed by atoms with E-state index in [4.69, 9.17) is 16.3 Å². The molecule has 2 aromatic rings. The zero-order valence-electron chi connectivity index (χ0n) is 12.2. The first-order valence-electron chi connectivity index (χ1n) is 7.36. The van der Waals surface area contributed by atoms with E-state index in [9.17, 15) is 0 Å². The Kier molecular flexibility index (Phi) is 4.47. The molecule has 0 aromatic heterocycles. The fourth-order valence-corrected chi connectivity index (χ4v) is 3.05. The van der Waals surface area contributed by atoms with Crippen molar-refractivity contribution in [3.63, 3.8) is 0 Å². The van der Waals surface area contributed by atoms with Gasteiger partial charge in [-0.1, -0.05) is 35.9 Å². The van der Waals surface area contributed by atoms with Crippen molar-refractivity contribution in [1.82, 2.24) is 5.32 Å². The van der Waals surface area contributed by atoms with Gasteiger partial charge in [0.25, 0.3) is 0 Å². The molecular weight excluding hydrogens is 282 g/mol.